The van der Waals surface area contributed by atoms with E-state index in [1.807, 2.05) is 31.3 Å². The molecule has 174 valence electrons. The Labute approximate surface area is 202 Å². The summed E-state index contributed by atoms with van der Waals surface area (Å²) in [6.45, 7) is 6.46. The topological polar surface area (TPSA) is 80.4 Å². The molecule has 0 fully saturated rings. The molecule has 3 aromatic rings. The van der Waals surface area contributed by atoms with Crippen LogP contribution < -0.4 is 10.2 Å². The molecule has 1 unspecified atom stereocenters. The summed E-state index contributed by atoms with van der Waals surface area (Å²) in [4.78, 5) is 27.6. The Morgan fingerprint density at radius 2 is 2.09 bits per heavy atom. The summed E-state index contributed by atoms with van der Waals surface area (Å²) in [5.74, 6) is 1.13. The van der Waals surface area contributed by atoms with Crippen molar-refractivity contribution in [2.75, 3.05) is 17.2 Å². The van der Waals surface area contributed by atoms with Crippen LogP contribution in [0.25, 0.3) is 0 Å². The van der Waals surface area contributed by atoms with Crippen molar-refractivity contribution in [1.82, 2.24) is 15.1 Å². The van der Waals surface area contributed by atoms with Crippen LogP contribution in [0, 0.1) is 0 Å². The summed E-state index contributed by atoms with van der Waals surface area (Å²) in [6.07, 6.45) is 1.56. The standard InChI is InChI=1S/C24H27ClN4O3S/c1-24(2,3)22-20-21(15-7-5-8-16(25)11-15)33-14-19(31)29(23(20)28(4)27-22)13-18(30)26-12-17-9-6-10-32-17/h5-11,21H,12-14H2,1-4H3,(H,26,30). The molecular weight excluding hydrogens is 460 g/mol. The zero-order valence-corrected chi connectivity index (χ0v) is 20.7. The third-order valence-electron chi connectivity index (χ3n) is 5.45. The number of nitrogens with one attached hydrogen (secondary N) is 1. The van der Waals surface area contributed by atoms with Crippen molar-refractivity contribution in [3.05, 3.63) is 70.3 Å². The lowest BCUT2D eigenvalue weighted by Crippen LogP contribution is -2.42. The predicted molar refractivity (Wildman–Crippen MR) is 131 cm³/mol. The Morgan fingerprint density at radius 3 is 2.76 bits per heavy atom. The number of hydrogen-bond donors (Lipinski definition) is 1. The maximum absolute atomic E-state index is 13.2. The third-order valence-corrected chi connectivity index (χ3v) is 6.94. The maximum atomic E-state index is 13.2. The van der Waals surface area contributed by atoms with Gasteiger partial charge in [0.25, 0.3) is 0 Å². The van der Waals surface area contributed by atoms with Gasteiger partial charge in [-0.3, -0.25) is 19.2 Å². The highest BCUT2D eigenvalue weighted by Crippen LogP contribution is 2.47. The highest BCUT2D eigenvalue weighted by atomic mass is 35.5. The van der Waals surface area contributed by atoms with Crippen molar-refractivity contribution in [3.63, 3.8) is 0 Å². The van der Waals surface area contributed by atoms with E-state index in [-0.39, 0.29) is 41.3 Å². The number of hydrogen-bond acceptors (Lipinski definition) is 5. The lowest BCUT2D eigenvalue weighted by Gasteiger charge is -2.24. The van der Waals surface area contributed by atoms with Gasteiger partial charge in [0.1, 0.15) is 18.1 Å². The van der Waals surface area contributed by atoms with Crippen molar-refractivity contribution >= 4 is 41.0 Å². The van der Waals surface area contributed by atoms with Gasteiger partial charge in [0, 0.05) is 23.0 Å². The van der Waals surface area contributed by atoms with Crippen molar-refractivity contribution < 1.29 is 14.0 Å². The van der Waals surface area contributed by atoms with Gasteiger partial charge < -0.3 is 9.73 Å². The molecule has 1 aliphatic heterocycles. The zero-order valence-electron chi connectivity index (χ0n) is 19.1. The van der Waals surface area contributed by atoms with Gasteiger partial charge in [0.15, 0.2) is 0 Å². The number of carbonyl (C=O) groups excluding carboxylic acids is 2. The number of rotatable bonds is 5. The van der Waals surface area contributed by atoms with E-state index < -0.39 is 0 Å². The molecular formula is C24H27ClN4O3S. The Bertz CT molecular complexity index is 1170. The second-order valence-electron chi connectivity index (χ2n) is 9.04. The van der Waals surface area contributed by atoms with E-state index in [1.165, 1.54) is 11.8 Å². The minimum Gasteiger partial charge on any atom is -0.467 e. The number of fused-ring (bicyclic) bond motifs is 1. The fourth-order valence-electron chi connectivity index (χ4n) is 3.97. The number of anilines is 1. The number of aryl methyl sites for hydroxylation is 1. The van der Waals surface area contributed by atoms with Crippen LogP contribution in [0.5, 0.6) is 0 Å². The van der Waals surface area contributed by atoms with Crippen molar-refractivity contribution in [3.8, 4) is 0 Å². The summed E-state index contributed by atoms with van der Waals surface area (Å²) in [6, 6.07) is 11.3. The molecule has 33 heavy (non-hydrogen) atoms. The predicted octanol–water partition coefficient (Wildman–Crippen LogP) is 4.45. The fourth-order valence-corrected chi connectivity index (χ4v) is 5.36. The van der Waals surface area contributed by atoms with Gasteiger partial charge in [-0.1, -0.05) is 44.5 Å². The Balaban J connectivity index is 1.74. The largest absolute Gasteiger partial charge is 0.467 e. The van der Waals surface area contributed by atoms with E-state index in [1.54, 1.807) is 28.0 Å². The van der Waals surface area contributed by atoms with Crippen molar-refractivity contribution in [1.29, 1.82) is 0 Å². The van der Waals surface area contributed by atoms with E-state index in [9.17, 15) is 9.59 Å². The van der Waals surface area contributed by atoms with Crippen molar-refractivity contribution in [2.24, 2.45) is 7.05 Å². The summed E-state index contributed by atoms with van der Waals surface area (Å²) in [5, 5.41) is 8.14. The van der Waals surface area contributed by atoms with Crippen LogP contribution >= 0.6 is 23.4 Å². The summed E-state index contributed by atoms with van der Waals surface area (Å²) >= 11 is 7.83. The molecule has 2 aromatic heterocycles. The molecule has 1 aliphatic rings. The molecule has 0 aliphatic carbocycles. The lowest BCUT2D eigenvalue weighted by atomic mass is 9.87. The van der Waals surface area contributed by atoms with Crippen LogP contribution in [0.15, 0.2) is 47.1 Å². The third kappa shape index (κ3) is 4.96. The molecule has 1 N–H and O–H groups in total. The number of furan rings is 1. The van der Waals surface area contributed by atoms with Gasteiger partial charge >= 0.3 is 0 Å². The number of thioether (sulfide) groups is 1. The molecule has 4 rings (SSSR count). The van der Waals surface area contributed by atoms with Crippen LogP contribution in [0.1, 0.15) is 48.6 Å². The van der Waals surface area contributed by atoms with E-state index in [0.29, 0.717) is 16.6 Å². The quantitative estimate of drug-likeness (QED) is 0.576. The first kappa shape index (κ1) is 23.4. The zero-order chi connectivity index (χ0) is 23.8. The van der Waals surface area contributed by atoms with Crippen LogP contribution in [0.3, 0.4) is 0 Å². The molecule has 0 spiro atoms. The first-order chi connectivity index (χ1) is 15.6. The highest BCUT2D eigenvalue weighted by Gasteiger charge is 2.38. The van der Waals surface area contributed by atoms with Gasteiger partial charge in [-0.05, 0) is 29.8 Å². The summed E-state index contributed by atoms with van der Waals surface area (Å²) in [7, 11) is 1.82. The van der Waals surface area contributed by atoms with Gasteiger partial charge in [-0.15, -0.1) is 11.8 Å². The van der Waals surface area contributed by atoms with E-state index in [2.05, 4.69) is 26.1 Å². The minimum absolute atomic E-state index is 0.0987. The lowest BCUT2D eigenvalue weighted by molar-refractivity contribution is -0.123. The number of halogens is 1. The monoisotopic (exact) mass is 486 g/mol. The molecule has 1 aromatic carbocycles. The fraction of sp³-hybridized carbons (Fsp3) is 0.375. The van der Waals surface area contributed by atoms with E-state index >= 15 is 0 Å². The molecule has 0 saturated heterocycles. The first-order valence-corrected chi connectivity index (χ1v) is 12.1. The van der Waals surface area contributed by atoms with Gasteiger partial charge in [-0.25, -0.2) is 0 Å². The molecule has 0 bridgehead atoms. The second kappa shape index (κ2) is 9.27. The molecule has 2 amide bonds. The summed E-state index contributed by atoms with van der Waals surface area (Å²) in [5.41, 5.74) is 2.59. The van der Waals surface area contributed by atoms with Crippen LogP contribution in [-0.2, 0) is 28.6 Å². The molecule has 9 heteroatoms. The smallest absolute Gasteiger partial charge is 0.240 e. The number of carbonyl (C=O) groups is 2. The highest BCUT2D eigenvalue weighted by molar-refractivity contribution is 8.00. The van der Waals surface area contributed by atoms with Gasteiger partial charge in [-0.2, -0.15) is 5.10 Å². The molecule has 1 atom stereocenters. The Hall–Kier alpha value is -2.71. The van der Waals surface area contributed by atoms with Crippen molar-refractivity contribution in [2.45, 2.75) is 38.0 Å². The van der Waals surface area contributed by atoms with Crippen LogP contribution in [0.4, 0.5) is 5.82 Å². The first-order valence-electron chi connectivity index (χ1n) is 10.7. The molecule has 0 radical (unpaired) electrons. The maximum Gasteiger partial charge on any atom is 0.240 e. The summed E-state index contributed by atoms with van der Waals surface area (Å²) < 4.78 is 7.00. The second-order valence-corrected chi connectivity index (χ2v) is 10.6. The van der Waals surface area contributed by atoms with Gasteiger partial charge in [0.2, 0.25) is 11.8 Å². The Morgan fingerprint density at radius 1 is 1.30 bits per heavy atom. The average Bonchev–Trinajstić information content (AvgIpc) is 3.35. The number of aromatic nitrogens is 2. The minimum atomic E-state index is -0.268. The number of benzene rings is 1. The SMILES string of the molecule is Cn1nc(C(C)(C)C)c2c1N(CC(=O)NCc1ccco1)C(=O)CSC2c1cccc(Cl)c1. The van der Waals surface area contributed by atoms with E-state index in [0.717, 1.165) is 16.8 Å². The molecule has 3 heterocycles. The molecule has 0 saturated carbocycles. The van der Waals surface area contributed by atoms with Gasteiger partial charge in [0.05, 0.1) is 29.5 Å². The van der Waals surface area contributed by atoms with E-state index in [4.69, 9.17) is 21.1 Å². The number of amides is 2. The Kier molecular flexibility index (Phi) is 6.59. The molecule has 7 nitrogen and oxygen atoms in total. The van der Waals surface area contributed by atoms with Crippen LogP contribution in [-0.4, -0.2) is 33.9 Å². The average molecular weight is 487 g/mol. The van der Waals surface area contributed by atoms with Crippen LogP contribution in [0.2, 0.25) is 5.02 Å². The normalized spacial score (nSPS) is 16.5. The number of nitrogens with zero attached hydrogens (tertiary/aromatic N) is 3.